The molecule has 1 aliphatic heterocycles. The normalized spacial score (nSPS) is 15.3. The lowest BCUT2D eigenvalue weighted by Crippen LogP contribution is -2.39. The zero-order valence-corrected chi connectivity index (χ0v) is 19.1. The van der Waals surface area contributed by atoms with Gasteiger partial charge in [-0.1, -0.05) is 36.4 Å². The molecule has 5 rings (SSSR count). The maximum absolute atomic E-state index is 7.52. The molecule has 4 aromatic rings. The van der Waals surface area contributed by atoms with Crippen LogP contribution in [-0.2, 0) is 13.5 Å². The van der Waals surface area contributed by atoms with Crippen LogP contribution in [0.15, 0.2) is 54.7 Å². The Morgan fingerprint density at radius 1 is 1.07 bits per heavy atom. The minimum Gasteiger partial charge on any atom is -0.311 e. The Labute approximate surface area is 179 Å². The molecular weight excluding hydrogens is 383 g/mol. The summed E-state index contributed by atoms with van der Waals surface area (Å²) in [5.41, 5.74) is 4.95. The second kappa shape index (κ2) is 6.63. The first-order valence-corrected chi connectivity index (χ1v) is 12.2. The number of hydrogen-bond acceptors (Lipinski definition) is 0. The van der Waals surface area contributed by atoms with Crippen molar-refractivity contribution in [2.75, 3.05) is 6.66 Å². The van der Waals surface area contributed by atoms with Crippen molar-refractivity contribution in [3.63, 3.8) is 0 Å². The van der Waals surface area contributed by atoms with Gasteiger partial charge in [-0.05, 0) is 55.5 Å². The Morgan fingerprint density at radius 3 is 2.60 bits per heavy atom. The van der Waals surface area contributed by atoms with E-state index in [2.05, 4.69) is 84.8 Å². The summed E-state index contributed by atoms with van der Waals surface area (Å²) in [5, 5.41) is 8.34. The first-order valence-electron chi connectivity index (χ1n) is 10.4. The molecular formula is C27H26N2P+. The van der Waals surface area contributed by atoms with Crippen molar-refractivity contribution in [3.05, 3.63) is 77.3 Å². The van der Waals surface area contributed by atoms with Crippen LogP contribution in [0.3, 0.4) is 0 Å². The Balaban J connectivity index is 1.88. The van der Waals surface area contributed by atoms with Gasteiger partial charge in [0.05, 0.1) is 17.3 Å². The second-order valence-electron chi connectivity index (χ2n) is 9.15. The molecule has 148 valence electrons. The third kappa shape index (κ3) is 2.77. The third-order valence-electron chi connectivity index (χ3n) is 6.39. The molecule has 0 radical (unpaired) electrons. The van der Waals surface area contributed by atoms with Crippen molar-refractivity contribution in [1.29, 1.82) is 0 Å². The molecule has 3 aromatic carbocycles. The summed E-state index contributed by atoms with van der Waals surface area (Å²) in [6.07, 6.45) is 3.04. The lowest BCUT2D eigenvalue weighted by atomic mass is 9.92. The molecule has 30 heavy (non-hydrogen) atoms. The predicted molar refractivity (Wildman–Crippen MR) is 129 cm³/mol. The van der Waals surface area contributed by atoms with Gasteiger partial charge < -0.3 is 4.85 Å². The number of aryl methyl sites for hydroxylation is 2. The number of benzene rings is 3. The summed E-state index contributed by atoms with van der Waals surface area (Å²) in [5.74, 6) is 0. The summed E-state index contributed by atoms with van der Waals surface area (Å²) < 4.78 is 2.33. The van der Waals surface area contributed by atoms with Gasteiger partial charge in [0.1, 0.15) is 7.05 Å². The molecule has 0 fully saturated rings. The second-order valence-corrected chi connectivity index (χ2v) is 11.2. The average molecular weight is 409 g/mol. The van der Waals surface area contributed by atoms with E-state index in [1.165, 1.54) is 54.5 Å². The molecule has 1 aliphatic rings. The van der Waals surface area contributed by atoms with Gasteiger partial charge in [-0.2, -0.15) is 4.57 Å². The van der Waals surface area contributed by atoms with E-state index in [9.17, 15) is 0 Å². The summed E-state index contributed by atoms with van der Waals surface area (Å²) >= 11 is 0. The molecule has 0 saturated carbocycles. The van der Waals surface area contributed by atoms with E-state index in [-0.39, 0.29) is 5.54 Å². The smallest absolute Gasteiger partial charge is 0.231 e. The molecule has 0 amide bonds. The Hall–Kier alpha value is -2.75. The summed E-state index contributed by atoms with van der Waals surface area (Å²) in [6, 6.07) is 18.1. The van der Waals surface area contributed by atoms with Crippen LogP contribution in [0.1, 0.15) is 25.0 Å². The van der Waals surface area contributed by atoms with Crippen LogP contribution < -0.4 is 15.2 Å². The van der Waals surface area contributed by atoms with Crippen molar-refractivity contribution >= 4 is 40.1 Å². The Bertz CT molecular complexity index is 1390. The van der Waals surface area contributed by atoms with Gasteiger partial charge >= 0.3 is 0 Å². The monoisotopic (exact) mass is 409 g/mol. The summed E-state index contributed by atoms with van der Waals surface area (Å²) in [6.45, 7) is 16.2. The Kier molecular flexibility index (Phi) is 4.25. The van der Waals surface area contributed by atoms with Crippen LogP contribution in [0.2, 0.25) is 0 Å². The average Bonchev–Trinajstić information content (AvgIpc) is 2.72. The fourth-order valence-corrected chi connectivity index (χ4v) is 7.21. The summed E-state index contributed by atoms with van der Waals surface area (Å²) in [7, 11) is 1.71. The van der Waals surface area contributed by atoms with E-state index < -0.39 is 7.92 Å². The number of nitrogens with zero attached hydrogens (tertiary/aromatic N) is 2. The molecule has 2 nitrogen and oxygen atoms in total. The third-order valence-corrected chi connectivity index (χ3v) is 8.61. The molecule has 1 atom stereocenters. The van der Waals surface area contributed by atoms with Crippen LogP contribution in [0.25, 0.3) is 37.6 Å². The van der Waals surface area contributed by atoms with Gasteiger partial charge in [0.15, 0.2) is 6.20 Å². The first-order chi connectivity index (χ1) is 14.3. The molecule has 2 heterocycles. The zero-order chi connectivity index (χ0) is 21.2. The highest BCUT2D eigenvalue weighted by Gasteiger charge is 2.33. The largest absolute Gasteiger partial charge is 0.311 e. The minimum absolute atomic E-state index is 0.376. The van der Waals surface area contributed by atoms with Gasteiger partial charge in [-0.3, -0.25) is 0 Å². The first kappa shape index (κ1) is 19.2. The highest BCUT2D eigenvalue weighted by atomic mass is 31.1. The number of hydrogen-bond donors (Lipinski definition) is 0. The molecule has 1 unspecified atom stereocenters. The van der Waals surface area contributed by atoms with Crippen LogP contribution in [-0.4, -0.2) is 12.2 Å². The molecule has 0 saturated heterocycles. The number of fused-ring (bicyclic) bond motifs is 4. The van der Waals surface area contributed by atoms with Crippen molar-refractivity contribution in [1.82, 2.24) is 0 Å². The van der Waals surface area contributed by atoms with Crippen molar-refractivity contribution in [2.45, 2.75) is 32.7 Å². The van der Waals surface area contributed by atoms with E-state index in [4.69, 9.17) is 6.57 Å². The standard InChI is InChI=1S/C27H26N2P/c1-17-10-12-19-8-7-9-22-24(19)23(17)25-26(30(22)6)21-14-18(15-27(2,3)28-4)11-13-20(21)16-29(25)5/h7-14,16H,15H2,1-3,5-6H3/q+1. The van der Waals surface area contributed by atoms with Crippen LogP contribution >= 0.6 is 7.92 Å². The van der Waals surface area contributed by atoms with E-state index in [0.717, 1.165) is 6.42 Å². The van der Waals surface area contributed by atoms with Crippen LogP contribution in [0.4, 0.5) is 0 Å². The Morgan fingerprint density at radius 2 is 1.83 bits per heavy atom. The number of aromatic nitrogens is 1. The lowest BCUT2D eigenvalue weighted by molar-refractivity contribution is -0.658. The number of rotatable bonds is 2. The van der Waals surface area contributed by atoms with E-state index in [1.54, 1.807) is 0 Å². The van der Waals surface area contributed by atoms with E-state index in [1.807, 2.05) is 13.8 Å². The molecule has 1 aromatic heterocycles. The quantitative estimate of drug-likeness (QED) is 0.238. The maximum atomic E-state index is 7.52. The molecule has 0 spiro atoms. The summed E-state index contributed by atoms with van der Waals surface area (Å²) in [4.78, 5) is 3.83. The highest BCUT2D eigenvalue weighted by Crippen LogP contribution is 2.45. The van der Waals surface area contributed by atoms with E-state index >= 15 is 0 Å². The maximum Gasteiger partial charge on any atom is 0.231 e. The van der Waals surface area contributed by atoms with Gasteiger partial charge in [0.25, 0.3) is 0 Å². The van der Waals surface area contributed by atoms with Gasteiger partial charge in [0, 0.05) is 30.0 Å². The fraction of sp³-hybridized carbons (Fsp3) is 0.259. The van der Waals surface area contributed by atoms with Gasteiger partial charge in [-0.25, -0.2) is 6.57 Å². The lowest BCUT2D eigenvalue weighted by Gasteiger charge is -2.27. The van der Waals surface area contributed by atoms with Crippen molar-refractivity contribution < 1.29 is 4.57 Å². The predicted octanol–water partition coefficient (Wildman–Crippen LogP) is 5.41. The topological polar surface area (TPSA) is 8.24 Å². The molecule has 0 aliphatic carbocycles. The number of pyridine rings is 1. The van der Waals surface area contributed by atoms with Crippen molar-refractivity contribution in [3.8, 4) is 11.3 Å². The van der Waals surface area contributed by atoms with Gasteiger partial charge in [0.2, 0.25) is 11.2 Å². The zero-order valence-electron chi connectivity index (χ0n) is 18.2. The molecule has 3 heteroatoms. The molecule has 0 bridgehead atoms. The van der Waals surface area contributed by atoms with E-state index in [0.29, 0.717) is 0 Å². The van der Waals surface area contributed by atoms with Crippen LogP contribution in [0, 0.1) is 13.5 Å². The fourth-order valence-electron chi connectivity index (χ4n) is 4.94. The SMILES string of the molecule is [C-]#[N+]C(C)(C)Cc1ccc2c[n+](C)c3c(c2c1)P(C)c1cccc2ccc(C)c-3c12. The van der Waals surface area contributed by atoms with Crippen molar-refractivity contribution in [2.24, 2.45) is 7.05 Å². The minimum atomic E-state index is -0.472. The molecule has 0 N–H and O–H groups in total. The van der Waals surface area contributed by atoms with Crippen LogP contribution in [0.5, 0.6) is 0 Å². The van der Waals surface area contributed by atoms with Gasteiger partial charge in [-0.15, -0.1) is 0 Å². The highest BCUT2D eigenvalue weighted by molar-refractivity contribution is 7.73.